The molecule has 13 nitrogen and oxygen atoms in total. The number of halogens is 2. The summed E-state index contributed by atoms with van der Waals surface area (Å²) in [6, 6.07) is 0.730. The zero-order valence-corrected chi connectivity index (χ0v) is 24.2. The molecular formula is C20H18Cl2N9O4S4+. The second kappa shape index (κ2) is 11.5. The number of nitrogens with zero attached hydrogens (tertiary/aromatic N) is 5. The molecule has 0 radical (unpaired) electrons. The van der Waals surface area contributed by atoms with Gasteiger partial charge < -0.3 is 21.9 Å². The molecule has 19 heteroatoms. The summed E-state index contributed by atoms with van der Waals surface area (Å²) in [7, 11) is 0. The summed E-state index contributed by atoms with van der Waals surface area (Å²) in [5.41, 5.74) is 12.0. The Hall–Kier alpha value is -2.57. The molecule has 0 aliphatic carbocycles. The van der Waals surface area contributed by atoms with Crippen molar-refractivity contribution in [3.05, 3.63) is 39.1 Å². The number of carbonyl (C=O) groups excluding carboxylic acids is 2. The van der Waals surface area contributed by atoms with Gasteiger partial charge in [-0.05, 0) is 11.8 Å². The van der Waals surface area contributed by atoms with Crippen molar-refractivity contribution in [3.8, 4) is 0 Å². The van der Waals surface area contributed by atoms with Crippen LogP contribution >= 0.6 is 70.2 Å². The zero-order valence-electron chi connectivity index (χ0n) is 19.5. The molecule has 39 heavy (non-hydrogen) atoms. The highest BCUT2D eigenvalue weighted by Gasteiger charge is 2.54. The minimum absolute atomic E-state index is 0.0319. The summed E-state index contributed by atoms with van der Waals surface area (Å²) < 4.78 is 1.58. The van der Waals surface area contributed by atoms with E-state index in [2.05, 4.69) is 25.4 Å². The normalized spacial score (nSPS) is 18.7. The number of H-pyrrole nitrogens is 1. The summed E-state index contributed by atoms with van der Waals surface area (Å²) >= 11 is 17.3. The number of aromatic amines is 1. The second-order valence-corrected chi connectivity index (χ2v) is 13.2. The van der Waals surface area contributed by atoms with Crippen LogP contribution in [0.4, 0.5) is 11.8 Å². The minimum atomic E-state index is -1.22. The Morgan fingerprint density at radius 2 is 1.97 bits per heavy atom. The number of anilines is 2. The largest absolute Gasteiger partial charge is 0.477 e. The highest BCUT2D eigenvalue weighted by Crippen LogP contribution is 2.44. The first kappa shape index (κ1) is 28.0. The highest BCUT2D eigenvalue weighted by atomic mass is 35.5. The number of pyridine rings is 1. The van der Waals surface area contributed by atoms with Crippen molar-refractivity contribution in [2.45, 2.75) is 21.5 Å². The minimum Gasteiger partial charge on any atom is -0.477 e. The predicted molar refractivity (Wildman–Crippen MR) is 151 cm³/mol. The first-order valence-corrected chi connectivity index (χ1v) is 15.6. The number of nitrogens with two attached hydrogens (primary N) is 2. The van der Waals surface area contributed by atoms with Crippen molar-refractivity contribution in [1.82, 2.24) is 30.3 Å². The van der Waals surface area contributed by atoms with E-state index in [1.54, 1.807) is 10.6 Å². The fourth-order valence-corrected chi connectivity index (χ4v) is 8.93. The lowest BCUT2D eigenvalue weighted by atomic mass is 10.1. The lowest BCUT2D eigenvalue weighted by molar-refractivity contribution is -0.621. The Morgan fingerprint density at radius 1 is 1.23 bits per heavy atom. The van der Waals surface area contributed by atoms with E-state index < -0.39 is 29.2 Å². The molecule has 0 spiro atoms. The van der Waals surface area contributed by atoms with Gasteiger partial charge in [-0.3, -0.25) is 19.5 Å². The fourth-order valence-electron chi connectivity index (χ4n) is 3.78. The van der Waals surface area contributed by atoms with Crippen LogP contribution in [0.1, 0.15) is 0 Å². The third kappa shape index (κ3) is 5.69. The number of aromatic nitrogens is 5. The molecule has 2 aliphatic heterocycles. The van der Waals surface area contributed by atoms with E-state index in [-0.39, 0.29) is 23.2 Å². The number of carboxylic acids is 1. The number of hydrogen-bond donors (Lipinski definition) is 5. The predicted octanol–water partition coefficient (Wildman–Crippen LogP) is 1.68. The number of carboxylic acid groups (broad SMARTS) is 1. The van der Waals surface area contributed by atoms with Crippen LogP contribution in [0.15, 0.2) is 39.1 Å². The van der Waals surface area contributed by atoms with Gasteiger partial charge in [-0.25, -0.2) is 4.79 Å². The molecule has 0 aromatic carbocycles. The number of thioether (sulfide) groups is 4. The molecule has 2 amide bonds. The Bertz CT molecular complexity index is 1520. The number of hydrogen-bond acceptors (Lipinski definition) is 12. The average Bonchev–Trinajstić information content (AvgIpc) is 3.26. The second-order valence-electron chi connectivity index (χ2n) is 7.93. The monoisotopic (exact) mass is 646 g/mol. The van der Waals surface area contributed by atoms with Crippen molar-refractivity contribution in [1.29, 1.82) is 0 Å². The molecule has 0 saturated carbocycles. The molecule has 1 saturated heterocycles. The van der Waals surface area contributed by atoms with Crippen molar-refractivity contribution in [2.75, 3.05) is 28.1 Å². The van der Waals surface area contributed by atoms with Gasteiger partial charge in [-0.1, -0.05) is 33.2 Å². The van der Waals surface area contributed by atoms with Crippen LogP contribution in [0.5, 0.6) is 0 Å². The maximum atomic E-state index is 12.9. The third-order valence-corrected chi connectivity index (χ3v) is 11.0. The number of rotatable bonds is 9. The first-order valence-electron chi connectivity index (χ1n) is 10.9. The molecule has 1 fully saturated rings. The molecule has 2 unspecified atom stereocenters. The number of β-lactam (4-membered cyclic amide) rings is 1. The van der Waals surface area contributed by atoms with E-state index in [0.717, 1.165) is 11.8 Å². The van der Waals surface area contributed by atoms with Crippen LogP contribution < -0.4 is 21.3 Å². The van der Waals surface area contributed by atoms with Crippen LogP contribution in [0.2, 0.25) is 10.0 Å². The summed E-state index contributed by atoms with van der Waals surface area (Å²) in [6.07, 6.45) is 2.85. The van der Waals surface area contributed by atoms with E-state index in [4.69, 9.17) is 34.7 Å². The Morgan fingerprint density at radius 3 is 2.69 bits per heavy atom. The summed E-state index contributed by atoms with van der Waals surface area (Å²) in [5, 5.41) is 16.5. The molecule has 3 aromatic rings. The Kier molecular flexibility index (Phi) is 8.25. The number of nitrogen functional groups attached to an aromatic ring is 2. The molecule has 3 aromatic heterocycles. The summed E-state index contributed by atoms with van der Waals surface area (Å²) in [4.78, 5) is 52.2. The smallest absolute Gasteiger partial charge is 0.353 e. The first-order chi connectivity index (χ1) is 18.6. The van der Waals surface area contributed by atoms with E-state index in [0.29, 0.717) is 41.5 Å². The zero-order chi connectivity index (χ0) is 27.8. The topological polar surface area (TPSA) is 197 Å². The van der Waals surface area contributed by atoms with Gasteiger partial charge in [0.1, 0.15) is 17.1 Å². The summed E-state index contributed by atoms with van der Waals surface area (Å²) in [6.45, 7) is 0. The molecule has 7 N–H and O–H groups in total. The van der Waals surface area contributed by atoms with Gasteiger partial charge in [-0.2, -0.15) is 5.10 Å². The summed E-state index contributed by atoms with van der Waals surface area (Å²) in [5.74, 6) is -1.33. The Balaban J connectivity index is 1.22. The van der Waals surface area contributed by atoms with Gasteiger partial charge in [0, 0.05) is 27.9 Å². The SMILES string of the molecule is Nc1cc2nc(N)[nH][n+]2c(SCSC2=C(C(=O)O)N3C(=O)C(NC(=O)CSc4c(Cl)cncc4Cl)C3SC2)n1. The maximum absolute atomic E-state index is 12.9. The number of fused-ring (bicyclic) bond motifs is 2. The van der Waals surface area contributed by atoms with Crippen LogP contribution in [-0.4, -0.2) is 75.8 Å². The van der Waals surface area contributed by atoms with Crippen LogP contribution in [0.3, 0.4) is 0 Å². The molecule has 5 heterocycles. The molecule has 2 atom stereocenters. The van der Waals surface area contributed by atoms with Gasteiger partial charge in [0.2, 0.25) is 11.7 Å². The quantitative estimate of drug-likeness (QED) is 0.0740. The third-order valence-electron chi connectivity index (χ3n) is 5.41. The standard InChI is InChI=1S/C20H17Cl2N9O4S4/c21-7-2-25-3-8(22)15(7)36-5-12(32)28-13-16(33)30-14(18(34)35)9(4-37-17(13)30)38-6-39-20-26-10(23)1-11-27-19(24)29-31(11)20/h1-3,13,17H,4-6H2,(H6,23,24,27,28,29,32,34,35)/p+1. The molecule has 2 aliphatic rings. The molecular weight excluding hydrogens is 629 g/mol. The van der Waals surface area contributed by atoms with E-state index in [9.17, 15) is 19.5 Å². The van der Waals surface area contributed by atoms with E-state index in [1.807, 2.05) is 0 Å². The van der Waals surface area contributed by atoms with Crippen LogP contribution in [-0.2, 0) is 14.4 Å². The molecule has 0 bridgehead atoms. The van der Waals surface area contributed by atoms with Crippen molar-refractivity contribution < 1.29 is 24.0 Å². The average molecular weight is 648 g/mol. The van der Waals surface area contributed by atoms with Gasteiger partial charge >= 0.3 is 17.1 Å². The maximum Gasteiger partial charge on any atom is 0.353 e. The molecule has 204 valence electrons. The Labute approximate surface area is 247 Å². The van der Waals surface area contributed by atoms with Gasteiger partial charge in [0.05, 0.1) is 26.9 Å². The number of aliphatic carboxylic acids is 1. The van der Waals surface area contributed by atoms with Crippen molar-refractivity contribution in [3.63, 3.8) is 0 Å². The highest BCUT2D eigenvalue weighted by molar-refractivity contribution is 8.18. The number of carbonyl (C=O) groups is 3. The van der Waals surface area contributed by atoms with Gasteiger partial charge in [0.15, 0.2) is 0 Å². The number of amides is 2. The van der Waals surface area contributed by atoms with Crippen molar-refractivity contribution >= 4 is 105 Å². The van der Waals surface area contributed by atoms with Crippen molar-refractivity contribution in [2.24, 2.45) is 0 Å². The van der Waals surface area contributed by atoms with Crippen LogP contribution in [0.25, 0.3) is 5.65 Å². The van der Waals surface area contributed by atoms with E-state index >= 15 is 0 Å². The van der Waals surface area contributed by atoms with Gasteiger partial charge in [0.25, 0.3) is 11.6 Å². The van der Waals surface area contributed by atoms with Crippen LogP contribution in [0, 0.1) is 0 Å². The van der Waals surface area contributed by atoms with E-state index in [1.165, 1.54) is 52.6 Å². The molecule has 5 rings (SSSR count). The lowest BCUT2D eigenvalue weighted by Crippen LogP contribution is -2.70. The lowest BCUT2D eigenvalue weighted by Gasteiger charge is -2.49. The fraction of sp³-hybridized carbons (Fsp3) is 0.250. The van der Waals surface area contributed by atoms with Gasteiger partial charge in [-0.15, -0.1) is 39.8 Å². The number of nitrogens with one attached hydrogen (secondary N) is 2.